The van der Waals surface area contributed by atoms with E-state index in [1.807, 2.05) is 0 Å². The van der Waals surface area contributed by atoms with E-state index in [1.54, 1.807) is 0 Å². The zero-order chi connectivity index (χ0) is 13.0. The first-order valence-electron chi connectivity index (χ1n) is 6.21. The Hall–Kier alpha value is -0.450. The molecule has 2 heterocycles. The molecule has 0 bridgehead atoms. The number of thioether (sulfide) groups is 1. The summed E-state index contributed by atoms with van der Waals surface area (Å²) in [5.41, 5.74) is 2.67. The van der Waals surface area contributed by atoms with Crippen molar-refractivity contribution in [3.05, 3.63) is 45.3 Å². The van der Waals surface area contributed by atoms with Crippen molar-refractivity contribution in [1.29, 1.82) is 0 Å². The lowest BCUT2D eigenvalue weighted by Crippen LogP contribution is -2.02. The number of rotatable bonds is 2. The van der Waals surface area contributed by atoms with Crippen LogP contribution in [-0.4, -0.2) is 15.6 Å². The first-order valence-corrected chi connectivity index (χ1v) is 8.84. The third-order valence-corrected chi connectivity index (χ3v) is 5.52. The molecule has 0 aliphatic carbocycles. The molecule has 19 heavy (non-hydrogen) atoms. The van der Waals surface area contributed by atoms with E-state index in [9.17, 15) is 0 Å². The molecule has 3 aromatic rings. The molecule has 2 aromatic carbocycles. The molecule has 1 fully saturated rings. The Balaban J connectivity index is 2.09. The fourth-order valence-electron chi connectivity index (χ4n) is 2.62. The van der Waals surface area contributed by atoms with Crippen molar-refractivity contribution in [2.24, 2.45) is 0 Å². The second-order valence-corrected chi connectivity index (χ2v) is 8.05. The van der Waals surface area contributed by atoms with E-state index in [4.69, 9.17) is 0 Å². The van der Waals surface area contributed by atoms with Gasteiger partial charge < -0.3 is 4.57 Å². The average Bonchev–Trinajstić information content (AvgIpc) is 3.16. The van der Waals surface area contributed by atoms with Gasteiger partial charge in [0.15, 0.2) is 0 Å². The van der Waals surface area contributed by atoms with Crippen LogP contribution in [0.3, 0.4) is 0 Å². The van der Waals surface area contributed by atoms with Gasteiger partial charge in [-0.2, -0.15) is 11.8 Å². The number of nitrogens with zero attached hydrogens (tertiary/aromatic N) is 1. The van der Waals surface area contributed by atoms with E-state index < -0.39 is 0 Å². The molecule has 1 aliphatic heterocycles. The molecule has 4 heteroatoms. The second kappa shape index (κ2) is 4.54. The third kappa shape index (κ3) is 2.14. The van der Waals surface area contributed by atoms with Crippen LogP contribution in [0.25, 0.3) is 21.8 Å². The maximum Gasteiger partial charge on any atom is 0.0492 e. The van der Waals surface area contributed by atoms with Gasteiger partial charge in [-0.25, -0.2) is 0 Å². The highest BCUT2D eigenvalue weighted by Crippen LogP contribution is 2.37. The van der Waals surface area contributed by atoms with Crippen LogP contribution in [0.4, 0.5) is 0 Å². The minimum atomic E-state index is 0.797. The molecular weight excluding hydrogens is 386 g/mol. The number of benzene rings is 2. The highest BCUT2D eigenvalue weighted by molar-refractivity contribution is 9.10. The highest BCUT2D eigenvalue weighted by Gasteiger charge is 2.24. The zero-order valence-electron chi connectivity index (χ0n) is 10.1. The Kier molecular flexibility index (Phi) is 2.94. The molecule has 0 spiro atoms. The molecule has 0 N–H and O–H groups in total. The number of hydrogen-bond acceptors (Lipinski definition) is 1. The molecule has 0 radical (unpaired) electrons. The van der Waals surface area contributed by atoms with Crippen molar-refractivity contribution in [3.8, 4) is 0 Å². The lowest BCUT2D eigenvalue weighted by molar-refractivity contribution is 0.777. The standard InChI is InChI=1S/C15H11Br2NS/c16-9-1-3-14-12(5-9)13-6-10(17)2-4-15(13)18(14)7-11-8-19-11/h1-6,11H,7-8H2/t11-/m0/s1. The van der Waals surface area contributed by atoms with Crippen molar-refractivity contribution in [2.75, 3.05) is 5.75 Å². The van der Waals surface area contributed by atoms with Crippen LogP contribution in [0, 0.1) is 0 Å². The molecule has 96 valence electrons. The maximum atomic E-state index is 3.58. The van der Waals surface area contributed by atoms with Gasteiger partial charge in [0.25, 0.3) is 0 Å². The largest absolute Gasteiger partial charge is 0.339 e. The fraction of sp³-hybridized carbons (Fsp3) is 0.200. The van der Waals surface area contributed by atoms with E-state index in [0.29, 0.717) is 0 Å². The second-order valence-electron chi connectivity index (χ2n) is 4.89. The average molecular weight is 397 g/mol. The van der Waals surface area contributed by atoms with Gasteiger partial charge in [-0.3, -0.25) is 0 Å². The first-order chi connectivity index (χ1) is 9.22. The zero-order valence-corrected chi connectivity index (χ0v) is 14.1. The molecule has 0 unspecified atom stereocenters. The summed E-state index contributed by atoms with van der Waals surface area (Å²) < 4.78 is 4.74. The topological polar surface area (TPSA) is 4.93 Å². The van der Waals surface area contributed by atoms with Gasteiger partial charge in [0.2, 0.25) is 0 Å². The number of hydrogen-bond donors (Lipinski definition) is 0. The molecular formula is C15H11Br2NS. The number of aromatic nitrogens is 1. The SMILES string of the molecule is Brc1ccc2c(c1)c1cc(Br)ccc1n2C[C@H]1CS1. The number of fused-ring (bicyclic) bond motifs is 3. The van der Waals surface area contributed by atoms with Gasteiger partial charge in [-0.1, -0.05) is 31.9 Å². The summed E-state index contributed by atoms with van der Waals surface area (Å²) in [6.07, 6.45) is 0. The predicted molar refractivity (Wildman–Crippen MR) is 91.1 cm³/mol. The Labute approximate surface area is 132 Å². The van der Waals surface area contributed by atoms with Gasteiger partial charge in [0.05, 0.1) is 0 Å². The summed E-state index contributed by atoms with van der Waals surface area (Å²) in [4.78, 5) is 0. The summed E-state index contributed by atoms with van der Waals surface area (Å²) in [6.45, 7) is 1.12. The Morgan fingerprint density at radius 2 is 1.53 bits per heavy atom. The van der Waals surface area contributed by atoms with Gasteiger partial charge in [0.1, 0.15) is 0 Å². The maximum absolute atomic E-state index is 3.58. The normalized spacial score (nSPS) is 18.3. The lowest BCUT2D eigenvalue weighted by atomic mass is 10.2. The lowest BCUT2D eigenvalue weighted by Gasteiger charge is -2.05. The van der Waals surface area contributed by atoms with Gasteiger partial charge in [-0.15, -0.1) is 0 Å². The van der Waals surface area contributed by atoms with Gasteiger partial charge >= 0.3 is 0 Å². The van der Waals surface area contributed by atoms with Crippen molar-refractivity contribution in [2.45, 2.75) is 11.8 Å². The summed E-state index contributed by atoms with van der Waals surface area (Å²) >= 11 is 9.22. The van der Waals surface area contributed by atoms with Crippen molar-refractivity contribution in [1.82, 2.24) is 4.57 Å². The molecule has 1 nitrogen and oxygen atoms in total. The van der Waals surface area contributed by atoms with E-state index in [-0.39, 0.29) is 0 Å². The van der Waals surface area contributed by atoms with Crippen molar-refractivity contribution in [3.63, 3.8) is 0 Å². The summed E-state index contributed by atoms with van der Waals surface area (Å²) in [5.74, 6) is 1.30. The first kappa shape index (κ1) is 12.3. The number of halogens is 2. The molecule has 0 amide bonds. The monoisotopic (exact) mass is 395 g/mol. The van der Waals surface area contributed by atoms with Crippen LogP contribution in [0.1, 0.15) is 0 Å². The van der Waals surface area contributed by atoms with Crippen LogP contribution in [0.2, 0.25) is 0 Å². The molecule has 1 aliphatic rings. The summed E-state index contributed by atoms with van der Waals surface area (Å²) in [6, 6.07) is 13.2. The fourth-order valence-corrected chi connectivity index (χ4v) is 3.84. The van der Waals surface area contributed by atoms with Gasteiger partial charge in [-0.05, 0) is 36.4 Å². The van der Waals surface area contributed by atoms with E-state index in [0.717, 1.165) is 20.7 Å². The van der Waals surface area contributed by atoms with E-state index in [2.05, 4.69) is 84.6 Å². The van der Waals surface area contributed by atoms with Crippen molar-refractivity contribution >= 4 is 65.4 Å². The van der Waals surface area contributed by atoms with E-state index >= 15 is 0 Å². The van der Waals surface area contributed by atoms with Crippen LogP contribution in [0.5, 0.6) is 0 Å². The van der Waals surface area contributed by atoms with Crippen LogP contribution in [0.15, 0.2) is 45.3 Å². The molecule has 1 aromatic heterocycles. The van der Waals surface area contributed by atoms with E-state index in [1.165, 1.54) is 27.6 Å². The Morgan fingerprint density at radius 3 is 2.00 bits per heavy atom. The molecule has 1 saturated heterocycles. The van der Waals surface area contributed by atoms with Crippen LogP contribution in [-0.2, 0) is 6.54 Å². The Morgan fingerprint density at radius 1 is 1.00 bits per heavy atom. The van der Waals surface area contributed by atoms with Gasteiger partial charge in [0, 0.05) is 48.3 Å². The smallest absolute Gasteiger partial charge is 0.0492 e. The predicted octanol–water partition coefficient (Wildman–Crippen LogP) is 5.43. The minimum absolute atomic E-state index is 0.797. The highest BCUT2D eigenvalue weighted by atomic mass is 79.9. The quantitative estimate of drug-likeness (QED) is 0.522. The minimum Gasteiger partial charge on any atom is -0.339 e. The van der Waals surface area contributed by atoms with Crippen LogP contribution < -0.4 is 0 Å². The van der Waals surface area contributed by atoms with Crippen LogP contribution >= 0.6 is 43.6 Å². The molecule has 0 saturated carbocycles. The molecule has 4 rings (SSSR count). The third-order valence-electron chi connectivity index (χ3n) is 3.58. The molecule has 1 atom stereocenters. The summed E-state index contributed by atoms with van der Waals surface area (Å²) in [5, 5.41) is 3.46. The summed E-state index contributed by atoms with van der Waals surface area (Å²) in [7, 11) is 0. The van der Waals surface area contributed by atoms with Crippen molar-refractivity contribution < 1.29 is 0 Å². The Bertz CT molecular complexity index is 730.